The summed E-state index contributed by atoms with van der Waals surface area (Å²) in [6.07, 6.45) is 2.45. The van der Waals surface area contributed by atoms with Crippen LogP contribution in [0.3, 0.4) is 0 Å². The molecule has 2 heterocycles. The number of rotatable bonds is 2. The molecule has 0 aromatic carbocycles. The number of fused-ring (bicyclic) bond motifs is 1. The molecule has 0 aliphatic carbocycles. The van der Waals surface area contributed by atoms with Gasteiger partial charge in [-0.2, -0.15) is 0 Å². The van der Waals surface area contributed by atoms with Crippen LogP contribution in [0.1, 0.15) is 5.56 Å². The quantitative estimate of drug-likeness (QED) is 0.671. The topological polar surface area (TPSA) is 79.5 Å². The third-order valence-corrected chi connectivity index (χ3v) is 2.51. The summed E-state index contributed by atoms with van der Waals surface area (Å²) in [6, 6.07) is 2.94. The van der Waals surface area contributed by atoms with Crippen molar-refractivity contribution in [3.05, 3.63) is 23.9 Å². The van der Waals surface area contributed by atoms with E-state index in [1.807, 2.05) is 12.1 Å². The van der Waals surface area contributed by atoms with Crippen molar-refractivity contribution in [1.29, 1.82) is 0 Å². The zero-order valence-electron chi connectivity index (χ0n) is 8.26. The molecule has 15 heavy (non-hydrogen) atoms. The summed E-state index contributed by atoms with van der Waals surface area (Å²) in [5, 5.41) is 8.82. The molecule has 3 N–H and O–H groups in total. The summed E-state index contributed by atoms with van der Waals surface area (Å²) in [5.74, 6) is 0.404. The van der Waals surface area contributed by atoms with Crippen LogP contribution in [0.15, 0.2) is 18.3 Å². The summed E-state index contributed by atoms with van der Waals surface area (Å²) in [4.78, 5) is 17.4. The molecule has 1 aromatic heterocycles. The van der Waals surface area contributed by atoms with E-state index >= 15 is 0 Å². The molecule has 1 atom stereocenters. The van der Waals surface area contributed by atoms with Gasteiger partial charge in [0.1, 0.15) is 11.9 Å². The molecule has 80 valence electrons. The second-order valence-electron chi connectivity index (χ2n) is 3.52. The Morgan fingerprint density at radius 3 is 3.27 bits per heavy atom. The molecule has 0 bridgehead atoms. The highest BCUT2D eigenvalue weighted by Gasteiger charge is 2.28. The normalized spacial score (nSPS) is 16.3. The van der Waals surface area contributed by atoms with Crippen LogP contribution in [0.2, 0.25) is 0 Å². The van der Waals surface area contributed by atoms with Crippen molar-refractivity contribution >= 4 is 11.7 Å². The first-order chi connectivity index (χ1) is 7.24. The van der Waals surface area contributed by atoms with E-state index in [9.17, 15) is 4.79 Å². The number of carbonyl (C=O) groups is 1. The van der Waals surface area contributed by atoms with Gasteiger partial charge in [-0.1, -0.05) is 6.07 Å². The minimum atomic E-state index is -0.849. The van der Waals surface area contributed by atoms with E-state index in [-0.39, 0.29) is 12.5 Å². The standard InChI is InChI=1S/C10H13N3O2/c11-8(6-14)10(15)13-5-3-7-2-1-4-12-9(7)13/h1-2,4,8,14H,3,5-6,11H2/t8-/m1/s1. The Kier molecular flexibility index (Phi) is 2.66. The van der Waals surface area contributed by atoms with Gasteiger partial charge in [0.2, 0.25) is 5.91 Å². The van der Waals surface area contributed by atoms with E-state index in [0.717, 1.165) is 12.0 Å². The van der Waals surface area contributed by atoms with Crippen LogP contribution < -0.4 is 10.6 Å². The first-order valence-electron chi connectivity index (χ1n) is 4.85. The van der Waals surface area contributed by atoms with Gasteiger partial charge >= 0.3 is 0 Å². The van der Waals surface area contributed by atoms with E-state index in [1.54, 1.807) is 6.20 Å². The fraction of sp³-hybridized carbons (Fsp3) is 0.400. The van der Waals surface area contributed by atoms with E-state index in [0.29, 0.717) is 12.4 Å². The highest BCUT2D eigenvalue weighted by atomic mass is 16.3. The third kappa shape index (κ3) is 1.71. The van der Waals surface area contributed by atoms with E-state index in [1.165, 1.54) is 4.90 Å². The molecule has 1 amide bonds. The Hall–Kier alpha value is -1.46. The van der Waals surface area contributed by atoms with Gasteiger partial charge in [-0.25, -0.2) is 4.98 Å². The number of aromatic nitrogens is 1. The Morgan fingerprint density at radius 2 is 2.53 bits per heavy atom. The number of hydrogen-bond acceptors (Lipinski definition) is 4. The van der Waals surface area contributed by atoms with Crippen molar-refractivity contribution in [3.63, 3.8) is 0 Å². The first-order valence-corrected chi connectivity index (χ1v) is 4.85. The lowest BCUT2D eigenvalue weighted by molar-refractivity contribution is -0.120. The molecule has 1 aliphatic rings. The summed E-state index contributed by atoms with van der Waals surface area (Å²) in [7, 11) is 0. The number of amides is 1. The van der Waals surface area contributed by atoms with Crippen molar-refractivity contribution < 1.29 is 9.90 Å². The van der Waals surface area contributed by atoms with Crippen molar-refractivity contribution in [1.82, 2.24) is 4.98 Å². The fourth-order valence-corrected chi connectivity index (χ4v) is 1.70. The molecule has 5 heteroatoms. The second kappa shape index (κ2) is 3.96. The zero-order chi connectivity index (χ0) is 10.8. The largest absolute Gasteiger partial charge is 0.394 e. The van der Waals surface area contributed by atoms with Gasteiger partial charge in [-0.3, -0.25) is 9.69 Å². The number of aliphatic hydroxyl groups excluding tert-OH is 1. The number of hydrogen-bond donors (Lipinski definition) is 2. The summed E-state index contributed by atoms with van der Waals surface area (Å²) in [5.41, 5.74) is 6.54. The van der Waals surface area contributed by atoms with Crippen LogP contribution in [0.5, 0.6) is 0 Å². The minimum Gasteiger partial charge on any atom is -0.394 e. The van der Waals surface area contributed by atoms with Gasteiger partial charge in [0.25, 0.3) is 0 Å². The molecule has 1 aliphatic heterocycles. The van der Waals surface area contributed by atoms with E-state index in [2.05, 4.69) is 4.98 Å². The lowest BCUT2D eigenvalue weighted by atomic mass is 10.2. The summed E-state index contributed by atoms with van der Waals surface area (Å²) >= 11 is 0. The molecule has 0 unspecified atom stereocenters. The SMILES string of the molecule is N[C@H](CO)C(=O)N1CCc2cccnc21. The molecule has 0 saturated carbocycles. The average molecular weight is 207 g/mol. The average Bonchev–Trinajstić information content (AvgIpc) is 2.70. The Balaban J connectivity index is 2.24. The van der Waals surface area contributed by atoms with Gasteiger partial charge < -0.3 is 10.8 Å². The molecule has 0 fully saturated rings. The van der Waals surface area contributed by atoms with Crippen molar-refractivity contribution in [2.45, 2.75) is 12.5 Å². The lowest BCUT2D eigenvalue weighted by Crippen LogP contribution is -2.45. The zero-order valence-corrected chi connectivity index (χ0v) is 8.26. The first kappa shape index (κ1) is 10.1. The van der Waals surface area contributed by atoms with Crippen molar-refractivity contribution in [2.75, 3.05) is 18.1 Å². The smallest absolute Gasteiger partial charge is 0.247 e. The second-order valence-corrected chi connectivity index (χ2v) is 3.52. The number of pyridine rings is 1. The predicted octanol–water partition coefficient (Wildman–Crippen LogP) is -0.710. The molecule has 5 nitrogen and oxygen atoms in total. The number of carbonyl (C=O) groups excluding carboxylic acids is 1. The molecule has 2 rings (SSSR count). The van der Waals surface area contributed by atoms with Gasteiger partial charge in [0.05, 0.1) is 6.61 Å². The Bertz CT molecular complexity index is 381. The van der Waals surface area contributed by atoms with Crippen LogP contribution in [-0.2, 0) is 11.2 Å². The minimum absolute atomic E-state index is 0.269. The van der Waals surface area contributed by atoms with Gasteiger partial charge in [0.15, 0.2) is 0 Å². The van der Waals surface area contributed by atoms with Crippen LogP contribution in [0.25, 0.3) is 0 Å². The summed E-state index contributed by atoms with van der Waals surface area (Å²) < 4.78 is 0. The molecular formula is C10H13N3O2. The third-order valence-electron chi connectivity index (χ3n) is 2.51. The van der Waals surface area contributed by atoms with E-state index in [4.69, 9.17) is 10.8 Å². The highest BCUT2D eigenvalue weighted by Crippen LogP contribution is 2.24. The monoisotopic (exact) mass is 207 g/mol. The van der Waals surface area contributed by atoms with Crippen LogP contribution in [0, 0.1) is 0 Å². The Morgan fingerprint density at radius 1 is 1.73 bits per heavy atom. The number of aliphatic hydroxyl groups is 1. The number of nitrogens with zero attached hydrogens (tertiary/aromatic N) is 2. The molecule has 1 aromatic rings. The number of nitrogens with two attached hydrogens (primary N) is 1. The van der Waals surface area contributed by atoms with Crippen molar-refractivity contribution in [2.24, 2.45) is 5.73 Å². The maximum absolute atomic E-state index is 11.7. The van der Waals surface area contributed by atoms with Gasteiger partial charge in [-0.05, 0) is 18.1 Å². The summed E-state index contributed by atoms with van der Waals surface area (Å²) in [6.45, 7) is 0.260. The van der Waals surface area contributed by atoms with Crippen LogP contribution >= 0.6 is 0 Å². The van der Waals surface area contributed by atoms with Crippen molar-refractivity contribution in [3.8, 4) is 0 Å². The molecule has 0 radical (unpaired) electrons. The van der Waals surface area contributed by atoms with E-state index < -0.39 is 6.04 Å². The van der Waals surface area contributed by atoms with Gasteiger partial charge in [0, 0.05) is 12.7 Å². The maximum Gasteiger partial charge on any atom is 0.247 e. The number of anilines is 1. The predicted molar refractivity (Wildman–Crippen MR) is 55.4 cm³/mol. The highest BCUT2D eigenvalue weighted by molar-refractivity contribution is 5.97. The maximum atomic E-state index is 11.7. The fourth-order valence-electron chi connectivity index (χ4n) is 1.70. The van der Waals surface area contributed by atoms with Crippen LogP contribution in [-0.4, -0.2) is 35.2 Å². The lowest BCUT2D eigenvalue weighted by Gasteiger charge is -2.19. The van der Waals surface area contributed by atoms with Gasteiger partial charge in [-0.15, -0.1) is 0 Å². The molecular weight excluding hydrogens is 194 g/mol. The Labute approximate surface area is 87.5 Å². The molecule has 0 spiro atoms. The molecule has 0 saturated heterocycles. The van der Waals surface area contributed by atoms with Crippen LogP contribution in [0.4, 0.5) is 5.82 Å².